The van der Waals surface area contributed by atoms with E-state index in [2.05, 4.69) is 60.2 Å². The molecule has 2 atom stereocenters. The summed E-state index contributed by atoms with van der Waals surface area (Å²) < 4.78 is 8.46. The first kappa shape index (κ1) is 12.6. The standard InChI is InChI=1S/C19H20NO/c1-3-4-5-9-16-19(2)13-14-10-12-20-11-7-6-8-15(20)17(14)18(19)21-16/h3-9,11,13,16H,10,12H2,1-2H3/q+1/b4-3-,9-5?. The number of aromatic nitrogens is 1. The molecular formula is C19H20NO+. The zero-order valence-corrected chi connectivity index (χ0v) is 12.5. The summed E-state index contributed by atoms with van der Waals surface area (Å²) in [4.78, 5) is 0. The molecule has 0 saturated carbocycles. The van der Waals surface area contributed by atoms with Crippen LogP contribution in [0.2, 0.25) is 0 Å². The highest BCUT2D eigenvalue weighted by Gasteiger charge is 2.55. The van der Waals surface area contributed by atoms with Gasteiger partial charge in [0, 0.05) is 18.6 Å². The van der Waals surface area contributed by atoms with Gasteiger partial charge in [-0.05, 0) is 31.6 Å². The molecule has 1 aliphatic carbocycles. The van der Waals surface area contributed by atoms with E-state index in [1.54, 1.807) is 0 Å². The SMILES string of the molecule is C/C=C\C=CC1OC2=C3C(=CC21C)CC[n+]1ccccc13. The largest absolute Gasteiger partial charge is 0.487 e. The third-order valence-corrected chi connectivity index (χ3v) is 4.76. The van der Waals surface area contributed by atoms with Gasteiger partial charge >= 0.3 is 0 Å². The molecule has 1 saturated heterocycles. The Morgan fingerprint density at radius 1 is 1.33 bits per heavy atom. The molecular weight excluding hydrogens is 258 g/mol. The lowest BCUT2D eigenvalue weighted by atomic mass is 9.78. The molecule has 3 heterocycles. The average Bonchev–Trinajstić information content (AvgIpc) is 2.73. The predicted molar refractivity (Wildman–Crippen MR) is 83.2 cm³/mol. The maximum atomic E-state index is 6.13. The van der Waals surface area contributed by atoms with Gasteiger partial charge in [-0.1, -0.05) is 24.3 Å². The van der Waals surface area contributed by atoms with Crippen LogP contribution < -0.4 is 4.57 Å². The molecule has 0 aromatic carbocycles. The molecule has 2 unspecified atom stereocenters. The van der Waals surface area contributed by atoms with Gasteiger partial charge in [-0.2, -0.15) is 4.57 Å². The zero-order chi connectivity index (χ0) is 14.4. The highest BCUT2D eigenvalue weighted by atomic mass is 16.5. The zero-order valence-electron chi connectivity index (χ0n) is 12.5. The van der Waals surface area contributed by atoms with E-state index < -0.39 is 0 Å². The van der Waals surface area contributed by atoms with Crippen LogP contribution in [0.4, 0.5) is 0 Å². The molecule has 21 heavy (non-hydrogen) atoms. The van der Waals surface area contributed by atoms with Gasteiger partial charge in [-0.15, -0.1) is 0 Å². The Balaban J connectivity index is 1.76. The van der Waals surface area contributed by atoms with Crippen LogP contribution in [0.15, 0.2) is 66.1 Å². The lowest BCUT2D eigenvalue weighted by Gasteiger charge is -2.44. The Morgan fingerprint density at radius 2 is 2.24 bits per heavy atom. The molecule has 0 bridgehead atoms. The highest BCUT2D eigenvalue weighted by molar-refractivity contribution is 5.84. The summed E-state index contributed by atoms with van der Waals surface area (Å²) in [6.45, 7) is 5.39. The fourth-order valence-corrected chi connectivity index (χ4v) is 3.64. The maximum Gasteiger partial charge on any atom is 0.216 e. The maximum absolute atomic E-state index is 6.13. The molecule has 2 heteroatoms. The van der Waals surface area contributed by atoms with Crippen LogP contribution in [0, 0.1) is 5.41 Å². The number of aryl methyl sites for hydroxylation is 1. The van der Waals surface area contributed by atoms with Gasteiger partial charge in [0.05, 0.1) is 11.0 Å². The lowest BCUT2D eigenvalue weighted by Crippen LogP contribution is -2.45. The molecule has 1 aromatic heterocycles. The van der Waals surface area contributed by atoms with Crippen molar-refractivity contribution in [1.29, 1.82) is 0 Å². The second-order valence-corrected chi connectivity index (χ2v) is 6.13. The van der Waals surface area contributed by atoms with Gasteiger partial charge in [0.1, 0.15) is 11.9 Å². The van der Waals surface area contributed by atoms with Gasteiger partial charge in [0.2, 0.25) is 5.69 Å². The second kappa shape index (κ2) is 4.45. The summed E-state index contributed by atoms with van der Waals surface area (Å²) in [5.74, 6) is 1.16. The molecule has 3 aliphatic rings. The van der Waals surface area contributed by atoms with Crippen LogP contribution in [0.3, 0.4) is 0 Å². The molecule has 1 aromatic rings. The van der Waals surface area contributed by atoms with Crippen LogP contribution in [0.25, 0.3) is 5.57 Å². The van der Waals surface area contributed by atoms with Crippen molar-refractivity contribution in [1.82, 2.24) is 0 Å². The van der Waals surface area contributed by atoms with E-state index in [-0.39, 0.29) is 11.5 Å². The van der Waals surface area contributed by atoms with E-state index in [1.807, 2.05) is 13.0 Å². The Bertz CT molecular complexity index is 723. The Labute approximate surface area is 125 Å². The van der Waals surface area contributed by atoms with E-state index in [0.29, 0.717) is 0 Å². The van der Waals surface area contributed by atoms with Crippen LogP contribution in [0.5, 0.6) is 0 Å². The van der Waals surface area contributed by atoms with Crippen molar-refractivity contribution in [2.45, 2.75) is 32.9 Å². The molecule has 1 fully saturated rings. The second-order valence-electron chi connectivity index (χ2n) is 6.13. The van der Waals surface area contributed by atoms with Crippen molar-refractivity contribution >= 4 is 5.57 Å². The van der Waals surface area contributed by atoms with Crippen LogP contribution in [0.1, 0.15) is 26.0 Å². The Hall–Kier alpha value is -2.09. The average molecular weight is 278 g/mol. The summed E-state index contributed by atoms with van der Waals surface area (Å²) in [5, 5.41) is 0. The van der Waals surface area contributed by atoms with Crippen LogP contribution >= 0.6 is 0 Å². The quantitative estimate of drug-likeness (QED) is 0.595. The molecule has 106 valence electrons. The van der Waals surface area contributed by atoms with E-state index in [9.17, 15) is 0 Å². The number of rotatable bonds is 2. The van der Waals surface area contributed by atoms with Crippen molar-refractivity contribution < 1.29 is 9.30 Å². The minimum atomic E-state index is 0.0424. The van der Waals surface area contributed by atoms with E-state index in [4.69, 9.17) is 4.74 Å². The van der Waals surface area contributed by atoms with Gasteiger partial charge in [0.15, 0.2) is 12.7 Å². The highest BCUT2D eigenvalue weighted by Crippen LogP contribution is 2.57. The van der Waals surface area contributed by atoms with Crippen molar-refractivity contribution in [2.75, 3.05) is 0 Å². The number of hydrogen-bond acceptors (Lipinski definition) is 1. The monoisotopic (exact) mass is 278 g/mol. The van der Waals surface area contributed by atoms with Gasteiger partial charge in [-0.25, -0.2) is 0 Å². The minimum absolute atomic E-state index is 0.0424. The van der Waals surface area contributed by atoms with Crippen molar-refractivity contribution in [3.05, 3.63) is 71.8 Å². The molecule has 0 radical (unpaired) electrons. The number of fused-ring (bicyclic) bond motifs is 4. The lowest BCUT2D eigenvalue weighted by molar-refractivity contribution is -0.700. The van der Waals surface area contributed by atoms with E-state index >= 15 is 0 Å². The number of hydrogen-bond donors (Lipinski definition) is 0. The third kappa shape index (κ3) is 1.68. The Morgan fingerprint density at radius 3 is 3.10 bits per heavy atom. The van der Waals surface area contributed by atoms with Crippen LogP contribution in [-0.2, 0) is 11.3 Å². The Kier molecular flexibility index (Phi) is 2.68. The van der Waals surface area contributed by atoms with Crippen molar-refractivity contribution in [2.24, 2.45) is 5.41 Å². The molecule has 0 amide bonds. The van der Waals surface area contributed by atoms with Gasteiger partial charge < -0.3 is 4.74 Å². The normalized spacial score (nSPS) is 29.8. The fourth-order valence-electron chi connectivity index (χ4n) is 3.64. The number of pyridine rings is 1. The molecule has 2 nitrogen and oxygen atoms in total. The minimum Gasteiger partial charge on any atom is -0.487 e. The first-order chi connectivity index (χ1) is 10.2. The topological polar surface area (TPSA) is 13.1 Å². The van der Waals surface area contributed by atoms with Crippen molar-refractivity contribution in [3.8, 4) is 0 Å². The van der Waals surface area contributed by atoms with Crippen LogP contribution in [-0.4, -0.2) is 6.10 Å². The first-order valence-corrected chi connectivity index (χ1v) is 7.66. The summed E-state index contributed by atoms with van der Waals surface area (Å²) in [7, 11) is 0. The van der Waals surface area contributed by atoms with E-state index in [1.165, 1.54) is 16.8 Å². The van der Waals surface area contributed by atoms with Crippen molar-refractivity contribution in [3.63, 3.8) is 0 Å². The van der Waals surface area contributed by atoms with Gasteiger partial charge in [-0.3, -0.25) is 0 Å². The smallest absolute Gasteiger partial charge is 0.216 e. The third-order valence-electron chi connectivity index (χ3n) is 4.76. The fraction of sp³-hybridized carbons (Fsp3) is 0.316. The molecule has 2 aliphatic heterocycles. The molecule has 0 spiro atoms. The summed E-state index contributed by atoms with van der Waals surface area (Å²) in [6.07, 6.45) is 14.2. The summed E-state index contributed by atoms with van der Waals surface area (Å²) >= 11 is 0. The summed E-state index contributed by atoms with van der Waals surface area (Å²) in [5.41, 5.74) is 4.13. The number of nitrogens with zero attached hydrogens (tertiary/aromatic N) is 1. The summed E-state index contributed by atoms with van der Waals surface area (Å²) in [6, 6.07) is 6.41. The predicted octanol–water partition coefficient (Wildman–Crippen LogP) is 3.57. The number of ether oxygens (including phenoxy) is 1. The van der Waals surface area contributed by atoms with Gasteiger partial charge in [0.25, 0.3) is 0 Å². The number of allylic oxidation sites excluding steroid dienone is 5. The molecule has 4 rings (SSSR count). The van der Waals surface area contributed by atoms with E-state index in [0.717, 1.165) is 18.7 Å². The molecule has 0 N–H and O–H groups in total. The first-order valence-electron chi connectivity index (χ1n) is 7.66.